The van der Waals surface area contributed by atoms with Gasteiger partial charge in [0.05, 0.1) is 12.0 Å². The zero-order chi connectivity index (χ0) is 19.1. The van der Waals surface area contributed by atoms with Gasteiger partial charge in [0.15, 0.2) is 0 Å². The van der Waals surface area contributed by atoms with Crippen LogP contribution in [0.4, 0.5) is 0 Å². The van der Waals surface area contributed by atoms with Crippen molar-refractivity contribution in [1.82, 2.24) is 0 Å². The van der Waals surface area contributed by atoms with E-state index in [1.807, 2.05) is 0 Å². The van der Waals surface area contributed by atoms with Crippen LogP contribution in [-0.4, -0.2) is 35.4 Å². The Morgan fingerprint density at radius 2 is 1.93 bits per heavy atom. The van der Waals surface area contributed by atoms with Gasteiger partial charge in [-0.3, -0.25) is 4.79 Å². The van der Waals surface area contributed by atoms with E-state index in [9.17, 15) is 14.7 Å². The van der Waals surface area contributed by atoms with Crippen molar-refractivity contribution in [2.24, 2.45) is 5.92 Å². The Morgan fingerprint density at radius 3 is 2.59 bits per heavy atom. The molecule has 3 aliphatic rings. The van der Waals surface area contributed by atoms with Crippen molar-refractivity contribution in [2.75, 3.05) is 0 Å². The number of benzene rings is 2. The average Bonchev–Trinajstić information content (AvgIpc) is 3.27. The van der Waals surface area contributed by atoms with E-state index in [2.05, 4.69) is 6.58 Å². The monoisotopic (exact) mass is 368 g/mol. The van der Waals surface area contributed by atoms with Gasteiger partial charge in [0.25, 0.3) is 0 Å². The molecule has 4 unspecified atom stereocenters. The molecule has 0 amide bonds. The lowest BCUT2D eigenvalue weighted by Gasteiger charge is -2.08. The summed E-state index contributed by atoms with van der Waals surface area (Å²) in [5.74, 6) is 0.168. The predicted octanol–water partition coefficient (Wildman–Crippen LogP) is 3.12. The number of aromatic hydroxyl groups is 1. The lowest BCUT2D eigenvalue weighted by atomic mass is 9.90. The third kappa shape index (κ3) is 3.17. The van der Waals surface area contributed by atoms with Crippen LogP contribution < -0.4 is 4.74 Å². The van der Waals surface area contributed by atoms with Crippen LogP contribution in [-0.2, 0) is 19.1 Å². The van der Waals surface area contributed by atoms with Gasteiger partial charge in [-0.2, -0.15) is 0 Å². The molecule has 27 heavy (non-hydrogen) atoms. The number of hydrogen-bond donors (Lipinski definition) is 1. The van der Waals surface area contributed by atoms with Crippen LogP contribution in [0, 0.1) is 5.92 Å². The molecule has 2 aromatic rings. The highest BCUT2D eigenvalue weighted by atomic mass is 16.6. The standard InChI is InChI=1S/C14H12O3.C7H8O3/c1-9(2)14(16)17-13-8-4-5-10-11(13)6-3-7-12(10)15;8-7-4-1-3-2-5(10-7)6(4)9-3/h3-8,15H,1H2,2H3;3-6H,1-2H2. The first-order chi connectivity index (χ1) is 12.9. The van der Waals surface area contributed by atoms with E-state index in [0.717, 1.165) is 12.8 Å². The molecule has 6 nitrogen and oxygen atoms in total. The number of carbonyl (C=O) groups is 2. The van der Waals surface area contributed by atoms with Gasteiger partial charge in [-0.25, -0.2) is 4.79 Å². The van der Waals surface area contributed by atoms with Crippen LogP contribution in [0.1, 0.15) is 19.8 Å². The molecular weight excluding hydrogens is 348 g/mol. The van der Waals surface area contributed by atoms with Crippen LogP contribution in [0.5, 0.6) is 11.5 Å². The zero-order valence-corrected chi connectivity index (χ0v) is 14.9. The van der Waals surface area contributed by atoms with E-state index >= 15 is 0 Å². The van der Waals surface area contributed by atoms with Gasteiger partial charge in [0, 0.05) is 22.8 Å². The Labute approximate surface area is 156 Å². The highest BCUT2D eigenvalue weighted by molar-refractivity contribution is 5.96. The number of rotatable bonds is 2. The maximum atomic E-state index is 11.5. The Bertz CT molecular complexity index is 931. The number of fused-ring (bicyclic) bond motifs is 2. The molecule has 5 rings (SSSR count). The number of carbonyl (C=O) groups excluding carboxylic acids is 2. The van der Waals surface area contributed by atoms with Crippen molar-refractivity contribution >= 4 is 22.7 Å². The highest BCUT2D eigenvalue weighted by Crippen LogP contribution is 2.45. The maximum absolute atomic E-state index is 11.5. The molecule has 3 aliphatic heterocycles. The van der Waals surface area contributed by atoms with Crippen LogP contribution in [0.2, 0.25) is 0 Å². The van der Waals surface area contributed by atoms with Crippen LogP contribution in [0.25, 0.3) is 10.8 Å². The van der Waals surface area contributed by atoms with Crippen molar-refractivity contribution in [1.29, 1.82) is 0 Å². The van der Waals surface area contributed by atoms with E-state index in [4.69, 9.17) is 14.2 Å². The van der Waals surface area contributed by atoms with Crippen LogP contribution >= 0.6 is 0 Å². The number of esters is 2. The third-order valence-electron chi connectivity index (χ3n) is 5.11. The molecule has 4 atom stereocenters. The van der Waals surface area contributed by atoms with E-state index in [-0.39, 0.29) is 29.8 Å². The Morgan fingerprint density at radius 1 is 1.19 bits per heavy atom. The zero-order valence-electron chi connectivity index (χ0n) is 14.9. The molecule has 3 heterocycles. The fraction of sp³-hybridized carbons (Fsp3) is 0.333. The van der Waals surface area contributed by atoms with Gasteiger partial charge in [0.1, 0.15) is 23.7 Å². The van der Waals surface area contributed by atoms with E-state index in [1.54, 1.807) is 43.3 Å². The predicted molar refractivity (Wildman–Crippen MR) is 97.3 cm³/mol. The minimum Gasteiger partial charge on any atom is -0.507 e. The molecule has 0 aliphatic carbocycles. The minimum absolute atomic E-state index is 0.0324. The molecule has 0 aromatic heterocycles. The van der Waals surface area contributed by atoms with E-state index < -0.39 is 5.97 Å². The SMILES string of the molecule is C=C(C)C(=O)Oc1cccc2c(O)cccc12.O=C1OC2CC3CC1C2O3. The second-order valence-corrected chi connectivity index (χ2v) is 7.07. The van der Waals surface area contributed by atoms with Gasteiger partial charge in [-0.05, 0) is 25.5 Å². The average molecular weight is 368 g/mol. The number of phenolic OH excluding ortho intramolecular Hbond substituents is 1. The molecular formula is C21H20O6. The van der Waals surface area contributed by atoms with E-state index in [0.29, 0.717) is 28.2 Å². The second kappa shape index (κ2) is 6.70. The van der Waals surface area contributed by atoms with Gasteiger partial charge < -0.3 is 19.3 Å². The van der Waals surface area contributed by atoms with Crippen molar-refractivity contribution in [3.05, 3.63) is 48.6 Å². The van der Waals surface area contributed by atoms with Crippen LogP contribution in [0.3, 0.4) is 0 Å². The van der Waals surface area contributed by atoms with Crippen molar-refractivity contribution in [2.45, 2.75) is 38.1 Å². The first kappa shape index (κ1) is 17.5. The minimum atomic E-state index is -0.471. The summed E-state index contributed by atoms with van der Waals surface area (Å²) >= 11 is 0. The number of hydrogen-bond acceptors (Lipinski definition) is 6. The fourth-order valence-electron chi connectivity index (χ4n) is 3.80. The normalized spacial score (nSPS) is 27.1. The lowest BCUT2D eigenvalue weighted by molar-refractivity contribution is -0.143. The molecule has 1 N–H and O–H groups in total. The molecule has 2 bridgehead atoms. The van der Waals surface area contributed by atoms with Gasteiger partial charge >= 0.3 is 11.9 Å². The first-order valence-corrected chi connectivity index (χ1v) is 8.88. The highest BCUT2D eigenvalue weighted by Gasteiger charge is 2.58. The number of ether oxygens (including phenoxy) is 3. The van der Waals surface area contributed by atoms with Crippen LogP contribution in [0.15, 0.2) is 48.6 Å². The largest absolute Gasteiger partial charge is 0.507 e. The molecule has 3 saturated heterocycles. The molecule has 2 aromatic carbocycles. The Kier molecular flexibility index (Phi) is 4.36. The molecule has 3 fully saturated rings. The van der Waals surface area contributed by atoms with Gasteiger partial charge in [0.2, 0.25) is 0 Å². The summed E-state index contributed by atoms with van der Waals surface area (Å²) in [6.45, 7) is 5.11. The topological polar surface area (TPSA) is 82.1 Å². The third-order valence-corrected chi connectivity index (χ3v) is 5.11. The Balaban J connectivity index is 0.000000150. The smallest absolute Gasteiger partial charge is 0.338 e. The summed E-state index contributed by atoms with van der Waals surface area (Å²) in [6.07, 6.45) is 2.40. The van der Waals surface area contributed by atoms with Crippen molar-refractivity contribution in [3.8, 4) is 11.5 Å². The molecule has 6 heteroatoms. The summed E-state index contributed by atoms with van der Waals surface area (Å²) < 4.78 is 15.8. The summed E-state index contributed by atoms with van der Waals surface area (Å²) in [5, 5.41) is 11.0. The van der Waals surface area contributed by atoms with Crippen molar-refractivity contribution in [3.63, 3.8) is 0 Å². The molecule has 0 saturated carbocycles. The lowest BCUT2D eigenvalue weighted by Crippen LogP contribution is -2.22. The quantitative estimate of drug-likeness (QED) is 0.498. The van der Waals surface area contributed by atoms with E-state index in [1.165, 1.54) is 0 Å². The molecule has 140 valence electrons. The summed E-state index contributed by atoms with van der Waals surface area (Å²) in [5.41, 5.74) is 0.335. The maximum Gasteiger partial charge on any atom is 0.338 e. The fourth-order valence-corrected chi connectivity index (χ4v) is 3.80. The summed E-state index contributed by atoms with van der Waals surface area (Å²) in [7, 11) is 0. The second-order valence-electron chi connectivity index (χ2n) is 7.07. The molecule has 0 radical (unpaired) electrons. The first-order valence-electron chi connectivity index (χ1n) is 8.88. The summed E-state index contributed by atoms with van der Waals surface area (Å²) in [4.78, 5) is 22.4. The van der Waals surface area contributed by atoms with Crippen molar-refractivity contribution < 1.29 is 28.9 Å². The van der Waals surface area contributed by atoms with Gasteiger partial charge in [-0.15, -0.1) is 0 Å². The number of phenols is 1. The Hall–Kier alpha value is -2.86. The summed E-state index contributed by atoms with van der Waals surface area (Å²) in [6, 6.07) is 10.3. The van der Waals surface area contributed by atoms with Gasteiger partial charge in [-0.1, -0.05) is 30.8 Å². The molecule has 0 spiro atoms.